The zero-order chi connectivity index (χ0) is 17.4. The smallest absolute Gasteiger partial charge is 0.252 e. The zero-order valence-electron chi connectivity index (χ0n) is 14.2. The van der Waals surface area contributed by atoms with E-state index in [4.69, 9.17) is 14.2 Å². The Hall–Kier alpha value is -2.60. The van der Waals surface area contributed by atoms with E-state index in [2.05, 4.69) is 10.3 Å². The van der Waals surface area contributed by atoms with Gasteiger partial charge < -0.3 is 19.5 Å². The number of rotatable bonds is 8. The van der Waals surface area contributed by atoms with Crippen LogP contribution in [-0.4, -0.2) is 45.4 Å². The molecule has 6 nitrogen and oxygen atoms in total. The average molecular weight is 330 g/mol. The summed E-state index contributed by atoms with van der Waals surface area (Å²) in [6, 6.07) is 7.39. The van der Waals surface area contributed by atoms with Crippen molar-refractivity contribution >= 4 is 5.91 Å². The number of hydrogen-bond donors (Lipinski definition) is 1. The minimum Gasteiger partial charge on any atom is -0.493 e. The van der Waals surface area contributed by atoms with Crippen molar-refractivity contribution in [3.63, 3.8) is 0 Å². The van der Waals surface area contributed by atoms with Crippen molar-refractivity contribution in [2.45, 2.75) is 6.42 Å². The molecule has 0 aliphatic rings. The van der Waals surface area contributed by atoms with Crippen molar-refractivity contribution in [1.29, 1.82) is 0 Å². The highest BCUT2D eigenvalue weighted by Crippen LogP contribution is 2.32. The van der Waals surface area contributed by atoms with Crippen molar-refractivity contribution in [2.75, 3.05) is 34.5 Å². The number of ether oxygens (including phenoxy) is 3. The van der Waals surface area contributed by atoms with Gasteiger partial charge >= 0.3 is 0 Å². The van der Waals surface area contributed by atoms with Crippen LogP contribution in [0.3, 0.4) is 0 Å². The van der Waals surface area contributed by atoms with E-state index in [9.17, 15) is 4.79 Å². The van der Waals surface area contributed by atoms with Crippen molar-refractivity contribution < 1.29 is 19.0 Å². The molecule has 2 aromatic rings. The lowest BCUT2D eigenvalue weighted by molar-refractivity contribution is 0.0948. The molecule has 0 aliphatic carbocycles. The fourth-order valence-electron chi connectivity index (χ4n) is 2.26. The molecule has 0 fully saturated rings. The van der Waals surface area contributed by atoms with Gasteiger partial charge in [-0.1, -0.05) is 6.07 Å². The monoisotopic (exact) mass is 330 g/mol. The maximum absolute atomic E-state index is 12.2. The van der Waals surface area contributed by atoms with Crippen LogP contribution in [0.1, 0.15) is 16.8 Å². The molecule has 2 rings (SSSR count). The van der Waals surface area contributed by atoms with Gasteiger partial charge in [-0.05, 0) is 30.2 Å². The first kappa shape index (κ1) is 17.7. The molecular formula is C18H22N2O4. The van der Waals surface area contributed by atoms with Crippen LogP contribution in [0.5, 0.6) is 11.5 Å². The van der Waals surface area contributed by atoms with Gasteiger partial charge in [0.15, 0.2) is 11.5 Å². The van der Waals surface area contributed by atoms with Crippen molar-refractivity contribution in [1.82, 2.24) is 10.3 Å². The van der Waals surface area contributed by atoms with Crippen LogP contribution < -0.4 is 14.8 Å². The molecule has 0 bridgehead atoms. The van der Waals surface area contributed by atoms with Crippen LogP contribution in [0.25, 0.3) is 11.1 Å². The lowest BCUT2D eigenvalue weighted by Gasteiger charge is -2.10. The molecule has 0 atom stereocenters. The Labute approximate surface area is 141 Å². The third-order valence-corrected chi connectivity index (χ3v) is 3.53. The van der Waals surface area contributed by atoms with Gasteiger partial charge in [0.25, 0.3) is 5.91 Å². The van der Waals surface area contributed by atoms with E-state index in [1.165, 1.54) is 0 Å². The van der Waals surface area contributed by atoms with E-state index < -0.39 is 0 Å². The van der Waals surface area contributed by atoms with Crippen molar-refractivity contribution in [3.05, 3.63) is 42.2 Å². The summed E-state index contributed by atoms with van der Waals surface area (Å²) in [7, 11) is 4.82. The van der Waals surface area contributed by atoms with Crippen LogP contribution in [0.15, 0.2) is 36.7 Å². The number of aromatic nitrogens is 1. The van der Waals surface area contributed by atoms with Gasteiger partial charge in [-0.25, -0.2) is 0 Å². The van der Waals surface area contributed by atoms with Crippen LogP contribution in [0.4, 0.5) is 0 Å². The van der Waals surface area contributed by atoms with Gasteiger partial charge in [-0.2, -0.15) is 0 Å². The highest BCUT2D eigenvalue weighted by atomic mass is 16.5. The molecule has 128 valence electrons. The van der Waals surface area contributed by atoms with Crippen molar-refractivity contribution in [3.8, 4) is 22.6 Å². The normalized spacial score (nSPS) is 10.3. The number of nitrogens with one attached hydrogen (secondary N) is 1. The number of carbonyl (C=O) groups excluding carboxylic acids is 1. The van der Waals surface area contributed by atoms with E-state index in [1.54, 1.807) is 39.8 Å². The van der Waals surface area contributed by atoms with Crippen molar-refractivity contribution in [2.24, 2.45) is 0 Å². The predicted molar refractivity (Wildman–Crippen MR) is 91.6 cm³/mol. The van der Waals surface area contributed by atoms with E-state index in [1.807, 2.05) is 18.2 Å². The Kier molecular flexibility index (Phi) is 6.57. The van der Waals surface area contributed by atoms with Gasteiger partial charge in [0, 0.05) is 38.2 Å². The summed E-state index contributed by atoms with van der Waals surface area (Å²) in [6.45, 7) is 1.18. The Morgan fingerprint density at radius 1 is 1.04 bits per heavy atom. The molecule has 1 N–H and O–H groups in total. The fourth-order valence-corrected chi connectivity index (χ4v) is 2.26. The highest BCUT2D eigenvalue weighted by Gasteiger charge is 2.10. The number of hydrogen-bond acceptors (Lipinski definition) is 5. The first-order chi connectivity index (χ1) is 11.7. The molecule has 0 saturated carbocycles. The Balaban J connectivity index is 2.16. The number of nitrogens with zero attached hydrogens (tertiary/aromatic N) is 1. The Morgan fingerprint density at radius 2 is 1.83 bits per heavy atom. The van der Waals surface area contributed by atoms with Gasteiger partial charge in [0.2, 0.25) is 0 Å². The number of amides is 1. The van der Waals surface area contributed by atoms with Crippen LogP contribution in [-0.2, 0) is 4.74 Å². The summed E-state index contributed by atoms with van der Waals surface area (Å²) < 4.78 is 15.5. The first-order valence-corrected chi connectivity index (χ1v) is 7.64. The number of methoxy groups -OCH3 is 3. The minimum atomic E-state index is -0.152. The van der Waals surface area contributed by atoms with E-state index in [0.29, 0.717) is 30.2 Å². The van der Waals surface area contributed by atoms with E-state index in [-0.39, 0.29) is 5.91 Å². The largest absolute Gasteiger partial charge is 0.493 e. The minimum absolute atomic E-state index is 0.152. The van der Waals surface area contributed by atoms with Gasteiger partial charge in [-0.3, -0.25) is 9.78 Å². The van der Waals surface area contributed by atoms with Crippen LogP contribution in [0.2, 0.25) is 0 Å². The molecule has 1 aromatic carbocycles. The number of carbonyl (C=O) groups is 1. The summed E-state index contributed by atoms with van der Waals surface area (Å²) in [5.74, 6) is 1.13. The van der Waals surface area contributed by atoms with Crippen LogP contribution in [0, 0.1) is 0 Å². The Morgan fingerprint density at radius 3 is 2.54 bits per heavy atom. The molecule has 0 saturated heterocycles. The SMILES string of the molecule is COCCCNC(=O)c1cncc(-c2ccc(OC)c(OC)c2)c1. The van der Waals surface area contributed by atoms with Gasteiger partial charge in [0.1, 0.15) is 0 Å². The summed E-state index contributed by atoms with van der Waals surface area (Å²) in [6.07, 6.45) is 4.03. The second-order valence-corrected chi connectivity index (χ2v) is 5.13. The lowest BCUT2D eigenvalue weighted by Crippen LogP contribution is -2.25. The summed E-state index contributed by atoms with van der Waals surface area (Å²) in [5.41, 5.74) is 2.24. The molecule has 1 heterocycles. The molecular weight excluding hydrogens is 308 g/mol. The third kappa shape index (κ3) is 4.45. The quantitative estimate of drug-likeness (QED) is 0.753. The summed E-state index contributed by atoms with van der Waals surface area (Å²) >= 11 is 0. The molecule has 1 amide bonds. The maximum Gasteiger partial charge on any atom is 0.252 e. The second-order valence-electron chi connectivity index (χ2n) is 5.13. The van der Waals surface area contributed by atoms with Gasteiger partial charge in [0.05, 0.1) is 19.8 Å². The molecule has 0 unspecified atom stereocenters. The summed E-state index contributed by atoms with van der Waals surface area (Å²) in [4.78, 5) is 16.3. The number of pyridine rings is 1. The molecule has 0 spiro atoms. The zero-order valence-corrected chi connectivity index (χ0v) is 14.2. The van der Waals surface area contributed by atoms with E-state index in [0.717, 1.165) is 17.5 Å². The fraction of sp³-hybridized carbons (Fsp3) is 0.333. The standard InChI is InChI=1S/C18H22N2O4/c1-22-8-4-7-20-18(21)15-9-14(11-19-12-15)13-5-6-16(23-2)17(10-13)24-3/h5-6,9-12H,4,7-8H2,1-3H3,(H,20,21). The average Bonchev–Trinajstić information content (AvgIpc) is 2.64. The predicted octanol–water partition coefficient (Wildman–Crippen LogP) is 2.53. The lowest BCUT2D eigenvalue weighted by atomic mass is 10.1. The topological polar surface area (TPSA) is 69.7 Å². The number of benzene rings is 1. The molecule has 0 radical (unpaired) electrons. The highest BCUT2D eigenvalue weighted by molar-refractivity contribution is 5.95. The second kappa shape index (κ2) is 8.88. The van der Waals surface area contributed by atoms with E-state index >= 15 is 0 Å². The molecule has 1 aromatic heterocycles. The molecule has 24 heavy (non-hydrogen) atoms. The maximum atomic E-state index is 12.2. The third-order valence-electron chi connectivity index (χ3n) is 3.53. The first-order valence-electron chi connectivity index (χ1n) is 7.64. The Bertz CT molecular complexity index is 688. The van der Waals surface area contributed by atoms with Crippen LogP contribution >= 0.6 is 0 Å². The van der Waals surface area contributed by atoms with Gasteiger partial charge in [-0.15, -0.1) is 0 Å². The summed E-state index contributed by atoms with van der Waals surface area (Å²) in [5, 5.41) is 2.85. The molecule has 0 aliphatic heterocycles. The molecule has 6 heteroatoms.